The number of sulfonamides is 1. The number of fused-ring (bicyclic) bond motifs is 1. The van der Waals surface area contributed by atoms with Gasteiger partial charge in [-0.25, -0.2) is 13.4 Å². The lowest BCUT2D eigenvalue weighted by Crippen LogP contribution is -2.30. The highest BCUT2D eigenvalue weighted by Crippen LogP contribution is 2.23. The Morgan fingerprint density at radius 2 is 1.69 bits per heavy atom. The number of hydrogen-bond donors (Lipinski definition) is 2. The largest absolute Gasteiger partial charge is 0.338 e. The van der Waals surface area contributed by atoms with Gasteiger partial charge in [0.1, 0.15) is 5.82 Å². The molecule has 32 heavy (non-hydrogen) atoms. The molecule has 2 N–H and O–H groups in total. The van der Waals surface area contributed by atoms with Gasteiger partial charge in [0.05, 0.1) is 15.9 Å². The van der Waals surface area contributed by atoms with Crippen LogP contribution in [0.4, 0.5) is 5.69 Å². The van der Waals surface area contributed by atoms with E-state index in [1.165, 1.54) is 28.6 Å². The van der Waals surface area contributed by atoms with Crippen molar-refractivity contribution in [1.29, 1.82) is 0 Å². The second-order valence-corrected chi connectivity index (χ2v) is 9.19. The van der Waals surface area contributed by atoms with E-state index in [0.29, 0.717) is 30.2 Å². The van der Waals surface area contributed by atoms with E-state index in [2.05, 4.69) is 15.3 Å². The van der Waals surface area contributed by atoms with Gasteiger partial charge in [0.25, 0.3) is 5.91 Å². The van der Waals surface area contributed by atoms with Crippen LogP contribution in [0.25, 0.3) is 22.4 Å². The molecular weight excluding hydrogens is 424 g/mol. The molecule has 3 aromatic carbocycles. The molecule has 8 heteroatoms. The van der Waals surface area contributed by atoms with Gasteiger partial charge >= 0.3 is 0 Å². The number of carbonyl (C=O) groups is 1. The fourth-order valence-electron chi connectivity index (χ4n) is 3.53. The SMILES string of the molecule is CCN(CC)S(=O)(=O)c1ccc(C(=O)Nc2cccc(-c3nc4ccccc4[nH]3)c2)cc1. The number of H-pyrrole nitrogens is 1. The third-order valence-corrected chi connectivity index (χ3v) is 7.31. The van der Waals surface area contributed by atoms with E-state index in [1.54, 1.807) is 19.9 Å². The topological polar surface area (TPSA) is 95.2 Å². The summed E-state index contributed by atoms with van der Waals surface area (Å²) in [5.74, 6) is 0.395. The first-order valence-electron chi connectivity index (χ1n) is 10.4. The van der Waals surface area contributed by atoms with Gasteiger partial charge in [0.2, 0.25) is 10.0 Å². The molecule has 1 heterocycles. The molecule has 0 atom stereocenters. The van der Waals surface area contributed by atoms with Crippen LogP contribution in [0.3, 0.4) is 0 Å². The van der Waals surface area contributed by atoms with Crippen molar-refractivity contribution >= 4 is 32.7 Å². The molecule has 0 unspecified atom stereocenters. The van der Waals surface area contributed by atoms with E-state index >= 15 is 0 Å². The van der Waals surface area contributed by atoms with Crippen LogP contribution in [0, 0.1) is 0 Å². The van der Waals surface area contributed by atoms with E-state index < -0.39 is 10.0 Å². The maximum Gasteiger partial charge on any atom is 0.255 e. The summed E-state index contributed by atoms with van der Waals surface area (Å²) in [7, 11) is -3.56. The predicted molar refractivity (Wildman–Crippen MR) is 126 cm³/mol. The highest BCUT2D eigenvalue weighted by atomic mass is 32.2. The molecule has 0 fully saturated rings. The Morgan fingerprint density at radius 3 is 2.38 bits per heavy atom. The molecule has 4 rings (SSSR count). The first kappa shape index (κ1) is 21.7. The van der Waals surface area contributed by atoms with Crippen LogP contribution >= 0.6 is 0 Å². The minimum atomic E-state index is -3.56. The Hall–Kier alpha value is -3.49. The normalized spacial score (nSPS) is 11.7. The van der Waals surface area contributed by atoms with Gasteiger partial charge in [0, 0.05) is 29.9 Å². The first-order chi connectivity index (χ1) is 15.4. The van der Waals surface area contributed by atoms with Crippen LogP contribution in [0.2, 0.25) is 0 Å². The fraction of sp³-hybridized carbons (Fsp3) is 0.167. The summed E-state index contributed by atoms with van der Waals surface area (Å²) in [5.41, 5.74) is 3.65. The third-order valence-electron chi connectivity index (χ3n) is 5.24. The number of hydrogen-bond acceptors (Lipinski definition) is 4. The van der Waals surface area contributed by atoms with Crippen LogP contribution in [0.1, 0.15) is 24.2 Å². The van der Waals surface area contributed by atoms with Crippen LogP contribution in [-0.2, 0) is 10.0 Å². The fourth-order valence-corrected chi connectivity index (χ4v) is 4.99. The average Bonchev–Trinajstić information content (AvgIpc) is 3.24. The van der Waals surface area contributed by atoms with E-state index in [-0.39, 0.29) is 10.8 Å². The minimum absolute atomic E-state index is 0.171. The first-order valence-corrected chi connectivity index (χ1v) is 11.8. The lowest BCUT2D eigenvalue weighted by atomic mass is 10.1. The van der Waals surface area contributed by atoms with Crippen molar-refractivity contribution in [3.8, 4) is 11.4 Å². The molecule has 164 valence electrons. The van der Waals surface area contributed by atoms with Crippen LogP contribution in [0.15, 0.2) is 77.7 Å². The highest BCUT2D eigenvalue weighted by molar-refractivity contribution is 7.89. The zero-order chi connectivity index (χ0) is 22.7. The summed E-state index contributed by atoms with van der Waals surface area (Å²) >= 11 is 0. The van der Waals surface area contributed by atoms with Crippen LogP contribution in [-0.4, -0.2) is 41.7 Å². The lowest BCUT2D eigenvalue weighted by molar-refractivity contribution is 0.102. The number of nitrogens with one attached hydrogen (secondary N) is 2. The minimum Gasteiger partial charge on any atom is -0.338 e. The number of amides is 1. The molecule has 1 aromatic heterocycles. The number of nitrogens with zero attached hydrogens (tertiary/aromatic N) is 2. The summed E-state index contributed by atoms with van der Waals surface area (Å²) < 4.78 is 26.6. The number of aromatic nitrogens is 2. The number of benzene rings is 3. The number of aromatic amines is 1. The van der Waals surface area contributed by atoms with E-state index in [4.69, 9.17) is 0 Å². The van der Waals surface area contributed by atoms with Crippen LogP contribution < -0.4 is 5.32 Å². The molecule has 0 aliphatic carbocycles. The van der Waals surface area contributed by atoms with Crippen molar-refractivity contribution in [1.82, 2.24) is 14.3 Å². The molecule has 0 spiro atoms. The van der Waals surface area contributed by atoms with Gasteiger partial charge in [-0.2, -0.15) is 4.31 Å². The number of imidazole rings is 1. The van der Waals surface area contributed by atoms with Gasteiger partial charge in [-0.15, -0.1) is 0 Å². The van der Waals surface area contributed by atoms with Crippen molar-refractivity contribution in [3.05, 3.63) is 78.4 Å². The average molecular weight is 449 g/mol. The van der Waals surface area contributed by atoms with E-state index in [9.17, 15) is 13.2 Å². The number of para-hydroxylation sites is 2. The zero-order valence-electron chi connectivity index (χ0n) is 17.9. The summed E-state index contributed by atoms with van der Waals surface area (Å²) in [6, 6.07) is 21.1. The van der Waals surface area contributed by atoms with Crippen molar-refractivity contribution in [2.45, 2.75) is 18.7 Å². The summed E-state index contributed by atoms with van der Waals surface area (Å²) in [6.07, 6.45) is 0. The van der Waals surface area contributed by atoms with Crippen molar-refractivity contribution < 1.29 is 13.2 Å². The molecule has 1 amide bonds. The van der Waals surface area contributed by atoms with Gasteiger partial charge < -0.3 is 10.3 Å². The van der Waals surface area contributed by atoms with Crippen LogP contribution in [0.5, 0.6) is 0 Å². The molecule has 7 nitrogen and oxygen atoms in total. The monoisotopic (exact) mass is 448 g/mol. The summed E-state index contributed by atoms with van der Waals surface area (Å²) in [5, 5.41) is 2.86. The molecule has 0 saturated carbocycles. The summed E-state index contributed by atoms with van der Waals surface area (Å²) in [4.78, 5) is 20.8. The molecule has 0 radical (unpaired) electrons. The standard InChI is InChI=1S/C24H24N4O3S/c1-3-28(4-2)32(30,31)20-14-12-17(13-15-20)24(29)25-19-9-7-8-18(16-19)23-26-21-10-5-6-11-22(21)27-23/h5-16H,3-4H2,1-2H3,(H,25,29)(H,26,27). The lowest BCUT2D eigenvalue weighted by Gasteiger charge is -2.18. The predicted octanol–water partition coefficient (Wildman–Crippen LogP) is 4.51. The second kappa shape index (κ2) is 8.94. The molecule has 0 aliphatic heterocycles. The Labute approximate surface area is 187 Å². The van der Waals surface area contributed by atoms with Gasteiger partial charge in [-0.05, 0) is 48.5 Å². The maximum atomic E-state index is 12.7. The number of carbonyl (C=O) groups excluding carboxylic acids is 1. The number of rotatable bonds is 7. The van der Waals surface area contributed by atoms with Crippen molar-refractivity contribution in [2.75, 3.05) is 18.4 Å². The molecule has 0 saturated heterocycles. The molecule has 0 bridgehead atoms. The third kappa shape index (κ3) is 4.28. The molecule has 0 aliphatic rings. The molecule has 4 aromatic rings. The maximum absolute atomic E-state index is 12.7. The Balaban J connectivity index is 1.52. The Bertz CT molecular complexity index is 1320. The van der Waals surface area contributed by atoms with Gasteiger partial charge in [-0.3, -0.25) is 4.79 Å². The second-order valence-electron chi connectivity index (χ2n) is 7.25. The Kier molecular flexibility index (Phi) is 6.07. The summed E-state index contributed by atoms with van der Waals surface area (Å²) in [6.45, 7) is 4.37. The number of anilines is 1. The van der Waals surface area contributed by atoms with Gasteiger partial charge in [0.15, 0.2) is 0 Å². The highest BCUT2D eigenvalue weighted by Gasteiger charge is 2.21. The van der Waals surface area contributed by atoms with E-state index in [0.717, 1.165) is 16.6 Å². The van der Waals surface area contributed by atoms with Gasteiger partial charge in [-0.1, -0.05) is 38.1 Å². The van der Waals surface area contributed by atoms with Crippen molar-refractivity contribution in [2.24, 2.45) is 0 Å². The Morgan fingerprint density at radius 1 is 0.969 bits per heavy atom. The molecular formula is C24H24N4O3S. The van der Waals surface area contributed by atoms with E-state index in [1.807, 2.05) is 42.5 Å². The van der Waals surface area contributed by atoms with Crippen molar-refractivity contribution in [3.63, 3.8) is 0 Å². The smallest absolute Gasteiger partial charge is 0.255 e. The quantitative estimate of drug-likeness (QED) is 0.435. The zero-order valence-corrected chi connectivity index (χ0v) is 18.7.